The summed E-state index contributed by atoms with van der Waals surface area (Å²) in [5.74, 6) is 0.361. The van der Waals surface area contributed by atoms with E-state index in [9.17, 15) is 4.79 Å². The molecule has 0 unspecified atom stereocenters. The number of benzene rings is 2. The molecule has 3 nitrogen and oxygen atoms in total. The lowest BCUT2D eigenvalue weighted by Crippen LogP contribution is -2.17. The molecule has 0 aliphatic carbocycles. The van der Waals surface area contributed by atoms with E-state index < -0.39 is 0 Å². The standard InChI is InChI=1S/C18H21NO2/c1-13(2)14-8-10-15(11-9-14)16-6-4-5-7-17(16)19-18(20)12-21-3/h4-11,13H,12H2,1-3H3,(H,19,20). The SMILES string of the molecule is COCC(=O)Nc1ccccc1-c1ccc(C(C)C)cc1. The molecule has 0 spiro atoms. The first kappa shape index (κ1) is 15.3. The van der Waals surface area contributed by atoms with Gasteiger partial charge in [0.1, 0.15) is 6.61 Å². The molecule has 0 fully saturated rings. The molecule has 0 aliphatic rings. The molecular weight excluding hydrogens is 262 g/mol. The van der Waals surface area contributed by atoms with Gasteiger partial charge in [0.15, 0.2) is 0 Å². The van der Waals surface area contributed by atoms with Gasteiger partial charge in [-0.1, -0.05) is 56.3 Å². The molecule has 0 aliphatic heterocycles. The topological polar surface area (TPSA) is 38.3 Å². The van der Waals surface area contributed by atoms with Crippen molar-refractivity contribution in [2.75, 3.05) is 19.0 Å². The number of methoxy groups -OCH3 is 1. The van der Waals surface area contributed by atoms with E-state index in [-0.39, 0.29) is 12.5 Å². The van der Waals surface area contributed by atoms with Crippen LogP contribution >= 0.6 is 0 Å². The van der Waals surface area contributed by atoms with Crippen LogP contribution in [-0.2, 0) is 9.53 Å². The van der Waals surface area contributed by atoms with E-state index in [1.165, 1.54) is 12.7 Å². The zero-order valence-electron chi connectivity index (χ0n) is 12.7. The van der Waals surface area contributed by atoms with Crippen molar-refractivity contribution in [2.24, 2.45) is 0 Å². The van der Waals surface area contributed by atoms with Gasteiger partial charge in [-0.3, -0.25) is 4.79 Å². The number of para-hydroxylation sites is 1. The smallest absolute Gasteiger partial charge is 0.250 e. The Labute approximate surface area is 126 Å². The molecule has 1 amide bonds. The molecule has 0 bridgehead atoms. The Kier molecular flexibility index (Phi) is 5.12. The van der Waals surface area contributed by atoms with Gasteiger partial charge in [0, 0.05) is 18.4 Å². The Morgan fingerprint density at radius 2 is 1.76 bits per heavy atom. The third-order valence-corrected chi connectivity index (χ3v) is 3.36. The Morgan fingerprint density at radius 3 is 2.38 bits per heavy atom. The summed E-state index contributed by atoms with van der Waals surface area (Å²) in [6.07, 6.45) is 0. The van der Waals surface area contributed by atoms with Gasteiger partial charge in [-0.05, 0) is 23.1 Å². The number of carbonyl (C=O) groups is 1. The largest absolute Gasteiger partial charge is 0.375 e. The molecule has 0 aromatic heterocycles. The summed E-state index contributed by atoms with van der Waals surface area (Å²) in [5.41, 5.74) is 4.21. The fraction of sp³-hybridized carbons (Fsp3) is 0.278. The Balaban J connectivity index is 2.29. The van der Waals surface area contributed by atoms with Crippen LogP contribution in [0.5, 0.6) is 0 Å². The minimum atomic E-state index is -0.149. The fourth-order valence-corrected chi connectivity index (χ4v) is 2.21. The van der Waals surface area contributed by atoms with E-state index in [1.54, 1.807) is 0 Å². The summed E-state index contributed by atoms with van der Waals surface area (Å²) in [7, 11) is 1.51. The predicted octanol–water partition coefficient (Wildman–Crippen LogP) is 4.06. The van der Waals surface area contributed by atoms with Gasteiger partial charge < -0.3 is 10.1 Å². The van der Waals surface area contributed by atoms with Crippen molar-refractivity contribution < 1.29 is 9.53 Å². The summed E-state index contributed by atoms with van der Waals surface area (Å²) < 4.78 is 4.85. The van der Waals surface area contributed by atoms with Crippen LogP contribution in [0.4, 0.5) is 5.69 Å². The van der Waals surface area contributed by atoms with Crippen LogP contribution in [0.15, 0.2) is 48.5 Å². The molecule has 0 saturated carbocycles. The first-order valence-corrected chi connectivity index (χ1v) is 7.10. The second-order valence-corrected chi connectivity index (χ2v) is 5.30. The number of amides is 1. The molecule has 3 heteroatoms. The summed E-state index contributed by atoms with van der Waals surface area (Å²) in [5, 5.41) is 2.88. The van der Waals surface area contributed by atoms with Gasteiger partial charge >= 0.3 is 0 Å². The Hall–Kier alpha value is -2.13. The minimum absolute atomic E-state index is 0.0562. The number of carbonyl (C=O) groups excluding carboxylic acids is 1. The van der Waals surface area contributed by atoms with Crippen molar-refractivity contribution >= 4 is 11.6 Å². The molecular formula is C18H21NO2. The number of nitrogens with one attached hydrogen (secondary N) is 1. The van der Waals surface area contributed by atoms with E-state index in [2.05, 4.69) is 43.4 Å². The lowest BCUT2D eigenvalue weighted by molar-refractivity contribution is -0.119. The van der Waals surface area contributed by atoms with Crippen LogP contribution < -0.4 is 5.32 Å². The van der Waals surface area contributed by atoms with E-state index in [0.717, 1.165) is 16.8 Å². The van der Waals surface area contributed by atoms with Gasteiger partial charge in [-0.15, -0.1) is 0 Å². The molecule has 2 aromatic carbocycles. The summed E-state index contributed by atoms with van der Waals surface area (Å²) >= 11 is 0. The second kappa shape index (κ2) is 7.04. The Bertz CT molecular complexity index is 603. The molecule has 0 heterocycles. The summed E-state index contributed by atoms with van der Waals surface area (Å²) in [4.78, 5) is 11.7. The zero-order chi connectivity index (χ0) is 15.2. The van der Waals surface area contributed by atoms with Crippen LogP contribution in [0, 0.1) is 0 Å². The normalized spacial score (nSPS) is 10.7. The average molecular weight is 283 g/mol. The number of hydrogen-bond acceptors (Lipinski definition) is 2. The van der Waals surface area contributed by atoms with Gasteiger partial charge in [-0.2, -0.15) is 0 Å². The molecule has 0 radical (unpaired) electrons. The lowest BCUT2D eigenvalue weighted by atomic mass is 9.98. The Morgan fingerprint density at radius 1 is 1.10 bits per heavy atom. The van der Waals surface area contributed by atoms with E-state index in [1.807, 2.05) is 24.3 Å². The van der Waals surface area contributed by atoms with Crippen LogP contribution in [0.2, 0.25) is 0 Å². The van der Waals surface area contributed by atoms with E-state index in [0.29, 0.717) is 5.92 Å². The van der Waals surface area contributed by atoms with Gasteiger partial charge in [0.25, 0.3) is 0 Å². The van der Waals surface area contributed by atoms with Crippen molar-refractivity contribution in [2.45, 2.75) is 19.8 Å². The van der Waals surface area contributed by atoms with E-state index in [4.69, 9.17) is 4.74 Å². The second-order valence-electron chi connectivity index (χ2n) is 5.30. The molecule has 110 valence electrons. The quantitative estimate of drug-likeness (QED) is 0.898. The first-order valence-electron chi connectivity index (χ1n) is 7.10. The third-order valence-electron chi connectivity index (χ3n) is 3.36. The van der Waals surface area contributed by atoms with Crippen LogP contribution in [-0.4, -0.2) is 19.6 Å². The molecule has 0 atom stereocenters. The maximum atomic E-state index is 11.7. The van der Waals surface area contributed by atoms with Crippen molar-refractivity contribution in [1.82, 2.24) is 0 Å². The highest BCUT2D eigenvalue weighted by atomic mass is 16.5. The van der Waals surface area contributed by atoms with Crippen molar-refractivity contribution in [3.05, 3.63) is 54.1 Å². The molecule has 0 saturated heterocycles. The molecule has 1 N–H and O–H groups in total. The summed E-state index contributed by atoms with van der Waals surface area (Å²) in [6, 6.07) is 16.2. The number of rotatable bonds is 5. The number of ether oxygens (including phenoxy) is 1. The van der Waals surface area contributed by atoms with Crippen molar-refractivity contribution in [3.63, 3.8) is 0 Å². The van der Waals surface area contributed by atoms with Gasteiger partial charge in [0.2, 0.25) is 5.91 Å². The predicted molar refractivity (Wildman–Crippen MR) is 86.5 cm³/mol. The van der Waals surface area contributed by atoms with Crippen LogP contribution in [0.25, 0.3) is 11.1 Å². The van der Waals surface area contributed by atoms with Crippen molar-refractivity contribution in [3.8, 4) is 11.1 Å². The third kappa shape index (κ3) is 3.92. The maximum absolute atomic E-state index is 11.7. The maximum Gasteiger partial charge on any atom is 0.250 e. The van der Waals surface area contributed by atoms with Crippen LogP contribution in [0.3, 0.4) is 0 Å². The monoisotopic (exact) mass is 283 g/mol. The summed E-state index contributed by atoms with van der Waals surface area (Å²) in [6.45, 7) is 4.41. The average Bonchev–Trinajstić information content (AvgIpc) is 2.48. The molecule has 21 heavy (non-hydrogen) atoms. The fourth-order valence-electron chi connectivity index (χ4n) is 2.21. The van der Waals surface area contributed by atoms with Gasteiger partial charge in [-0.25, -0.2) is 0 Å². The van der Waals surface area contributed by atoms with Crippen molar-refractivity contribution in [1.29, 1.82) is 0 Å². The number of anilines is 1. The molecule has 2 rings (SSSR count). The minimum Gasteiger partial charge on any atom is -0.375 e. The highest BCUT2D eigenvalue weighted by Crippen LogP contribution is 2.29. The van der Waals surface area contributed by atoms with Gasteiger partial charge in [0.05, 0.1) is 0 Å². The lowest BCUT2D eigenvalue weighted by Gasteiger charge is -2.12. The molecule has 2 aromatic rings. The zero-order valence-corrected chi connectivity index (χ0v) is 12.7. The highest BCUT2D eigenvalue weighted by molar-refractivity contribution is 5.96. The highest BCUT2D eigenvalue weighted by Gasteiger charge is 2.08. The van der Waals surface area contributed by atoms with E-state index >= 15 is 0 Å². The number of hydrogen-bond donors (Lipinski definition) is 1. The van der Waals surface area contributed by atoms with Crippen LogP contribution in [0.1, 0.15) is 25.3 Å². The first-order chi connectivity index (χ1) is 10.1.